The number of carbonyl (C=O) groups excluding carboxylic acids is 2. The quantitative estimate of drug-likeness (QED) is 0.247. The Kier molecular flexibility index (Phi) is 6.22. The van der Waals surface area contributed by atoms with Gasteiger partial charge in [0.15, 0.2) is 10.7 Å². The number of ketones is 1. The Labute approximate surface area is 173 Å². The molecule has 26 heavy (non-hydrogen) atoms. The van der Waals surface area contributed by atoms with Gasteiger partial charge in [0.25, 0.3) is 0 Å². The number of halogens is 1. The largest absolute Gasteiger partial charge is 1.00 e. The van der Waals surface area contributed by atoms with Crippen molar-refractivity contribution in [3.63, 3.8) is 0 Å². The summed E-state index contributed by atoms with van der Waals surface area (Å²) in [6.07, 6.45) is 1.14. The van der Waals surface area contributed by atoms with Gasteiger partial charge in [0, 0.05) is 17.0 Å². The second-order valence-corrected chi connectivity index (χ2v) is 8.11. The van der Waals surface area contributed by atoms with E-state index in [-0.39, 0.29) is 56.7 Å². The fourth-order valence-electron chi connectivity index (χ4n) is 2.36. The molecule has 7 nitrogen and oxygen atoms in total. The zero-order valence-electron chi connectivity index (χ0n) is 14.1. The van der Waals surface area contributed by atoms with Crippen molar-refractivity contribution in [2.45, 2.75) is 0 Å². The van der Waals surface area contributed by atoms with Crippen LogP contribution < -0.4 is 34.5 Å². The molecule has 0 bridgehead atoms. The van der Waals surface area contributed by atoms with E-state index in [1.807, 2.05) is 0 Å². The number of esters is 1. The van der Waals surface area contributed by atoms with Gasteiger partial charge in [-0.3, -0.25) is 4.79 Å². The molecule has 0 saturated carbocycles. The fraction of sp³-hybridized carbons (Fsp3) is 0.133. The Morgan fingerprint density at radius 3 is 2.69 bits per heavy atom. The first-order chi connectivity index (χ1) is 11.7. The molecule has 0 aliphatic carbocycles. The van der Waals surface area contributed by atoms with Gasteiger partial charge in [0.2, 0.25) is 5.78 Å². The average molecular weight is 404 g/mol. The maximum Gasteiger partial charge on any atom is 1.00 e. The van der Waals surface area contributed by atoms with Crippen molar-refractivity contribution >= 4 is 41.5 Å². The van der Waals surface area contributed by atoms with E-state index in [0.29, 0.717) is 0 Å². The van der Waals surface area contributed by atoms with Gasteiger partial charge < -0.3 is 18.5 Å². The molecule has 0 saturated heterocycles. The molecular weight excluding hydrogens is 393 g/mol. The van der Waals surface area contributed by atoms with E-state index < -0.39 is 25.1 Å². The predicted octanol–water partition coefficient (Wildman–Crippen LogP) is -0.710. The number of hydrogen-bond donors (Lipinski definition) is 0. The van der Waals surface area contributed by atoms with Gasteiger partial charge in [-0.1, -0.05) is 0 Å². The Bertz CT molecular complexity index is 1060. The smallest absolute Gasteiger partial charge is 0.783 e. The van der Waals surface area contributed by atoms with Crippen LogP contribution >= 0.6 is 18.9 Å². The summed E-state index contributed by atoms with van der Waals surface area (Å²) in [6, 6.07) is 3.49. The van der Waals surface area contributed by atoms with Crippen LogP contribution in [0.5, 0.6) is 0 Å². The van der Waals surface area contributed by atoms with Crippen LogP contribution in [0.3, 0.4) is 0 Å². The van der Waals surface area contributed by atoms with Gasteiger partial charge in [-0.25, -0.2) is 14.2 Å². The summed E-state index contributed by atoms with van der Waals surface area (Å²) in [5.74, 6) is -1.91. The number of benzene rings is 1. The zero-order chi connectivity index (χ0) is 18.4. The first-order valence-electron chi connectivity index (χ1n) is 6.91. The summed E-state index contributed by atoms with van der Waals surface area (Å²) in [7, 11) is -2.82. The van der Waals surface area contributed by atoms with Crippen LogP contribution in [0.1, 0.15) is 25.9 Å². The van der Waals surface area contributed by atoms with E-state index in [9.17, 15) is 23.4 Å². The van der Waals surface area contributed by atoms with Crippen molar-refractivity contribution in [1.29, 1.82) is 0 Å². The third-order valence-electron chi connectivity index (χ3n) is 3.48. The minimum Gasteiger partial charge on any atom is -0.783 e. The minimum atomic E-state index is -4.00. The molecule has 0 spiro atoms. The summed E-state index contributed by atoms with van der Waals surface area (Å²) in [5.41, 5.74) is 0.143. The number of nitrogens with zero attached hydrogens (tertiary/aromatic N) is 2. The van der Waals surface area contributed by atoms with E-state index in [1.54, 1.807) is 0 Å². The Morgan fingerprint density at radius 1 is 1.38 bits per heavy atom. The molecule has 2 heterocycles. The van der Waals surface area contributed by atoms with Crippen molar-refractivity contribution in [3.8, 4) is 0 Å². The van der Waals surface area contributed by atoms with Crippen LogP contribution in [-0.2, 0) is 9.30 Å². The summed E-state index contributed by atoms with van der Waals surface area (Å²) in [4.78, 5) is 40.0. The van der Waals surface area contributed by atoms with Crippen molar-refractivity contribution in [2.24, 2.45) is 0 Å². The van der Waals surface area contributed by atoms with Crippen molar-refractivity contribution in [2.75, 3.05) is 13.8 Å². The van der Waals surface area contributed by atoms with Crippen LogP contribution in [0.15, 0.2) is 29.8 Å². The van der Waals surface area contributed by atoms with E-state index in [1.165, 1.54) is 18.6 Å². The Balaban J connectivity index is 0.00000243. The standard InChI is InChI=1S/C15H12FN2O5PS.Na/c1-23-15(20)11-7-25-14(17-11)13(19)10-6-18(24(2,21)22)12-4-3-8(16)5-9(10)12;/h3-7H,1-2H3,(H,21,22);/q;+1/p-1. The van der Waals surface area contributed by atoms with Gasteiger partial charge in [0.1, 0.15) is 13.3 Å². The second kappa shape index (κ2) is 7.72. The van der Waals surface area contributed by atoms with Crippen molar-refractivity contribution in [1.82, 2.24) is 9.32 Å². The zero-order valence-corrected chi connectivity index (χ0v) is 17.8. The number of aromatic nitrogens is 2. The van der Waals surface area contributed by atoms with Crippen LogP contribution in [0.2, 0.25) is 0 Å². The first-order valence-corrected chi connectivity index (χ1v) is 9.81. The molecule has 0 amide bonds. The fourth-order valence-corrected chi connectivity index (χ4v) is 3.99. The number of hydrogen-bond acceptors (Lipinski definition) is 7. The van der Waals surface area contributed by atoms with Crippen LogP contribution in [-0.4, -0.2) is 34.8 Å². The Hall–Kier alpha value is -1.35. The van der Waals surface area contributed by atoms with Gasteiger partial charge in [-0.15, -0.1) is 11.3 Å². The monoisotopic (exact) mass is 404 g/mol. The van der Waals surface area contributed by atoms with Crippen LogP contribution in [0.4, 0.5) is 4.39 Å². The van der Waals surface area contributed by atoms with Crippen LogP contribution in [0.25, 0.3) is 10.9 Å². The third-order valence-corrected chi connectivity index (χ3v) is 5.43. The molecule has 0 N–H and O–H groups in total. The number of fused-ring (bicyclic) bond motifs is 1. The van der Waals surface area contributed by atoms with Crippen molar-refractivity contribution < 1.29 is 57.7 Å². The Morgan fingerprint density at radius 2 is 2.08 bits per heavy atom. The molecule has 0 fully saturated rings. The summed E-state index contributed by atoms with van der Waals surface area (Å²) in [6.45, 7) is 1.00. The van der Waals surface area contributed by atoms with Gasteiger partial charge in [-0.2, -0.15) is 0 Å². The van der Waals surface area contributed by atoms with E-state index in [4.69, 9.17) is 0 Å². The number of rotatable bonds is 4. The molecular formula is C15H11FN2NaO5PS. The maximum atomic E-state index is 13.6. The molecule has 11 heteroatoms. The summed E-state index contributed by atoms with van der Waals surface area (Å²) >= 11 is 0.914. The molecule has 0 aliphatic heterocycles. The second-order valence-electron chi connectivity index (χ2n) is 5.21. The SMILES string of the molecule is COC(=O)c1csc(C(=O)c2cn(P(C)(=O)[O-])c3ccc(F)cc23)n1.[Na+]. The van der Waals surface area contributed by atoms with E-state index in [2.05, 4.69) is 9.72 Å². The molecule has 1 aromatic carbocycles. The third kappa shape index (κ3) is 3.83. The van der Waals surface area contributed by atoms with Crippen molar-refractivity contribution in [3.05, 3.63) is 51.9 Å². The van der Waals surface area contributed by atoms with Crippen LogP contribution in [0, 0.1) is 5.82 Å². The number of carbonyl (C=O) groups is 2. The first kappa shape index (κ1) is 21.0. The molecule has 0 aliphatic rings. The molecule has 0 radical (unpaired) electrons. The molecule has 3 aromatic rings. The number of ether oxygens (including phenoxy) is 1. The predicted molar refractivity (Wildman–Crippen MR) is 87.7 cm³/mol. The van der Waals surface area contributed by atoms with Gasteiger partial charge in [-0.05, 0) is 24.9 Å². The molecule has 2 aromatic heterocycles. The molecule has 1 unspecified atom stereocenters. The van der Waals surface area contributed by atoms with E-state index in [0.717, 1.165) is 40.7 Å². The summed E-state index contributed by atoms with van der Waals surface area (Å²) < 4.78 is 31.0. The van der Waals surface area contributed by atoms with Gasteiger partial charge >= 0.3 is 35.5 Å². The van der Waals surface area contributed by atoms with E-state index >= 15 is 0 Å². The molecule has 3 rings (SSSR count). The topological polar surface area (TPSA) is 101 Å². The van der Waals surface area contributed by atoms with Gasteiger partial charge in [0.05, 0.1) is 18.2 Å². The average Bonchev–Trinajstić information content (AvgIpc) is 3.17. The minimum absolute atomic E-state index is 0. The number of thiazole rings is 1. The molecule has 130 valence electrons. The number of methoxy groups -OCH3 is 1. The summed E-state index contributed by atoms with van der Waals surface area (Å²) in [5, 5.41) is 1.48. The maximum absolute atomic E-state index is 13.6. The molecule has 1 atom stereocenters. The normalized spacial score (nSPS) is 13.1.